The summed E-state index contributed by atoms with van der Waals surface area (Å²) in [6.45, 7) is -0.445. The number of benzene rings is 2. The molecule has 0 radical (unpaired) electrons. The van der Waals surface area contributed by atoms with Crippen LogP contribution in [-0.4, -0.2) is 60.0 Å². The fourth-order valence-electron chi connectivity index (χ4n) is 3.39. The van der Waals surface area contributed by atoms with Crippen LogP contribution in [0.4, 0.5) is 23.5 Å². The summed E-state index contributed by atoms with van der Waals surface area (Å²) in [5.41, 5.74) is 0.833. The highest BCUT2D eigenvalue weighted by Gasteiger charge is 2.23. The van der Waals surface area contributed by atoms with E-state index >= 15 is 0 Å². The molecule has 13 heteroatoms. The number of halogens is 2. The highest BCUT2D eigenvalue weighted by atomic mass is 32.1. The summed E-state index contributed by atoms with van der Waals surface area (Å²) in [6, 6.07) is 11.8. The normalized spacial score (nSPS) is 11.4. The lowest BCUT2D eigenvalue weighted by atomic mass is 10.1. The van der Waals surface area contributed by atoms with Crippen LogP contribution in [0.3, 0.4) is 0 Å². The molecule has 0 aliphatic carbocycles. The fourth-order valence-corrected chi connectivity index (χ4v) is 4.12. The first-order chi connectivity index (χ1) is 18.3. The number of hydrogen-bond acceptors (Lipinski definition) is 8. The highest BCUT2D eigenvalue weighted by Crippen LogP contribution is 2.26. The Morgan fingerprint density at radius 3 is 2.58 bits per heavy atom. The molecule has 0 bridgehead atoms. The number of nitrogens with one attached hydrogen (secondary N) is 2. The molecule has 3 rings (SSSR count). The van der Waals surface area contributed by atoms with Crippen LogP contribution in [0.1, 0.15) is 24.8 Å². The zero-order valence-electron chi connectivity index (χ0n) is 20.8. The van der Waals surface area contributed by atoms with E-state index in [9.17, 15) is 23.2 Å². The second-order valence-electron chi connectivity index (χ2n) is 8.11. The highest BCUT2D eigenvalue weighted by molar-refractivity contribution is 7.18. The Labute approximate surface area is 222 Å². The van der Waals surface area contributed by atoms with Gasteiger partial charge in [-0.15, -0.1) is 10.2 Å². The maximum atomic E-state index is 13.9. The molecule has 1 atom stereocenters. The van der Waals surface area contributed by atoms with Crippen molar-refractivity contribution < 1.29 is 32.6 Å². The number of anilines is 1. The molecule has 0 fully saturated rings. The maximum absolute atomic E-state index is 13.9. The number of hydrogen-bond donors (Lipinski definition) is 2. The average Bonchev–Trinajstić information content (AvgIpc) is 3.39. The number of carbonyl (C=O) groups excluding carboxylic acids is 3. The molecular formula is C25H27F2N5O5S. The predicted octanol–water partition coefficient (Wildman–Crippen LogP) is 4.59. The molecule has 3 aromatic rings. The summed E-state index contributed by atoms with van der Waals surface area (Å²) < 4.78 is 37.3. The number of methoxy groups -OCH3 is 1. The summed E-state index contributed by atoms with van der Waals surface area (Å²) in [4.78, 5) is 37.9. The van der Waals surface area contributed by atoms with Crippen LogP contribution in [0.15, 0.2) is 48.5 Å². The Bertz CT molecular complexity index is 1240. The minimum atomic E-state index is -1.04. The van der Waals surface area contributed by atoms with Crippen LogP contribution in [0, 0.1) is 11.6 Å². The molecule has 1 heterocycles. The van der Waals surface area contributed by atoms with Gasteiger partial charge in [-0.1, -0.05) is 53.8 Å². The number of aromatic nitrogens is 2. The number of nitrogens with zero attached hydrogens (tertiary/aromatic N) is 3. The zero-order chi connectivity index (χ0) is 27.5. The smallest absolute Gasteiger partial charge is 0.413 e. The van der Waals surface area contributed by atoms with E-state index in [0.717, 1.165) is 11.6 Å². The van der Waals surface area contributed by atoms with E-state index in [1.54, 1.807) is 0 Å². The van der Waals surface area contributed by atoms with Gasteiger partial charge < -0.3 is 19.7 Å². The minimum Gasteiger partial charge on any atom is -0.469 e. The molecule has 38 heavy (non-hydrogen) atoms. The number of esters is 1. The molecule has 0 saturated heterocycles. The fraction of sp³-hybridized carbons (Fsp3) is 0.320. The van der Waals surface area contributed by atoms with E-state index in [1.165, 1.54) is 42.5 Å². The van der Waals surface area contributed by atoms with E-state index in [2.05, 4.69) is 25.6 Å². The third-order valence-corrected chi connectivity index (χ3v) is 6.42. The lowest BCUT2D eigenvalue weighted by Crippen LogP contribution is -2.46. The lowest BCUT2D eigenvalue weighted by molar-refractivity contribution is -0.140. The Hall–Kier alpha value is -4.13. The number of ether oxygens (including phenoxy) is 2. The van der Waals surface area contributed by atoms with Crippen molar-refractivity contribution in [1.82, 2.24) is 20.4 Å². The van der Waals surface area contributed by atoms with Crippen LogP contribution in [0.2, 0.25) is 0 Å². The van der Waals surface area contributed by atoms with Crippen molar-refractivity contribution in [3.63, 3.8) is 0 Å². The number of amides is 3. The van der Waals surface area contributed by atoms with Gasteiger partial charge in [0.1, 0.15) is 11.6 Å². The Morgan fingerprint density at radius 2 is 1.84 bits per heavy atom. The van der Waals surface area contributed by atoms with E-state index < -0.39 is 35.8 Å². The molecule has 2 N–H and O–H groups in total. The summed E-state index contributed by atoms with van der Waals surface area (Å²) in [5, 5.41) is 13.9. The summed E-state index contributed by atoms with van der Waals surface area (Å²) in [7, 11) is 2.74. The molecule has 0 unspecified atom stereocenters. The Kier molecular flexibility index (Phi) is 10.5. The summed E-state index contributed by atoms with van der Waals surface area (Å²) in [6.07, 6.45) is -0.0299. The van der Waals surface area contributed by atoms with Gasteiger partial charge in [-0.2, -0.15) is 0 Å². The molecule has 0 saturated carbocycles. The topological polar surface area (TPSA) is 123 Å². The van der Waals surface area contributed by atoms with E-state index in [1.807, 2.05) is 30.3 Å². The van der Waals surface area contributed by atoms with Crippen molar-refractivity contribution in [1.29, 1.82) is 0 Å². The van der Waals surface area contributed by atoms with Crippen molar-refractivity contribution in [2.24, 2.45) is 0 Å². The number of rotatable bonds is 11. The van der Waals surface area contributed by atoms with Crippen molar-refractivity contribution in [3.8, 4) is 10.6 Å². The van der Waals surface area contributed by atoms with Gasteiger partial charge in [-0.3, -0.25) is 10.1 Å². The lowest BCUT2D eigenvalue weighted by Gasteiger charge is -2.28. The molecule has 0 spiro atoms. The average molecular weight is 548 g/mol. The first-order valence-electron chi connectivity index (χ1n) is 11.6. The molecule has 1 aromatic heterocycles. The molecule has 10 nitrogen and oxygen atoms in total. The zero-order valence-corrected chi connectivity index (χ0v) is 21.6. The van der Waals surface area contributed by atoms with E-state index in [-0.39, 0.29) is 30.3 Å². The van der Waals surface area contributed by atoms with Gasteiger partial charge in [0.15, 0.2) is 11.6 Å². The van der Waals surface area contributed by atoms with Gasteiger partial charge in [0.25, 0.3) is 0 Å². The quantitative estimate of drug-likeness (QED) is 0.337. The van der Waals surface area contributed by atoms with Crippen LogP contribution in [0.25, 0.3) is 10.6 Å². The maximum Gasteiger partial charge on any atom is 0.413 e. The van der Waals surface area contributed by atoms with Gasteiger partial charge in [-0.25, -0.2) is 18.4 Å². The molecular weight excluding hydrogens is 520 g/mol. The van der Waals surface area contributed by atoms with Gasteiger partial charge >= 0.3 is 18.1 Å². The standard InChI is InChI=1S/C25H27F2N5O5S/c1-32(24(34)28-14-17-10-6-12-19(26)21(17)27)18(11-7-13-20(33)36-2)15-37-25(35)29-23-31-30-22(38-23)16-8-4-3-5-9-16/h3-6,8-10,12,18H,7,11,13-15H2,1-2H3,(H,28,34)(H,29,31,35)/t18-/m0/s1. The van der Waals surface area contributed by atoms with E-state index in [0.29, 0.717) is 17.8 Å². The second kappa shape index (κ2) is 14.0. The van der Waals surface area contributed by atoms with Crippen LogP contribution in [0.5, 0.6) is 0 Å². The van der Waals surface area contributed by atoms with E-state index in [4.69, 9.17) is 4.74 Å². The first-order valence-corrected chi connectivity index (χ1v) is 12.4. The summed E-state index contributed by atoms with van der Waals surface area (Å²) >= 11 is 1.17. The molecule has 0 aliphatic heterocycles. The van der Waals surface area contributed by atoms with Gasteiger partial charge in [0, 0.05) is 31.1 Å². The molecule has 2 aromatic carbocycles. The number of carbonyl (C=O) groups is 3. The SMILES string of the molecule is COC(=O)CCC[C@@H](COC(=O)Nc1nnc(-c2ccccc2)s1)N(C)C(=O)NCc1cccc(F)c1F. The minimum absolute atomic E-state index is 0.0171. The van der Waals surface area contributed by atoms with Crippen molar-refractivity contribution in [2.45, 2.75) is 31.8 Å². The molecule has 0 aliphatic rings. The monoisotopic (exact) mass is 547 g/mol. The van der Waals surface area contributed by atoms with Gasteiger partial charge in [0.2, 0.25) is 5.13 Å². The Balaban J connectivity index is 1.57. The second-order valence-corrected chi connectivity index (χ2v) is 9.08. The van der Waals surface area contributed by atoms with Gasteiger partial charge in [-0.05, 0) is 18.9 Å². The Morgan fingerprint density at radius 1 is 1.08 bits per heavy atom. The summed E-state index contributed by atoms with van der Waals surface area (Å²) in [5.74, 6) is -2.48. The van der Waals surface area contributed by atoms with Crippen LogP contribution < -0.4 is 10.6 Å². The van der Waals surface area contributed by atoms with Crippen molar-refractivity contribution >= 4 is 34.6 Å². The molecule has 202 valence electrons. The number of likely N-dealkylation sites (N-methyl/N-ethyl adjacent to an activating group) is 1. The third-order valence-electron chi connectivity index (χ3n) is 5.54. The number of urea groups is 1. The van der Waals surface area contributed by atoms with Crippen molar-refractivity contribution in [2.75, 3.05) is 26.1 Å². The first kappa shape index (κ1) is 28.4. The largest absolute Gasteiger partial charge is 0.469 e. The van der Waals surface area contributed by atoms with Crippen LogP contribution in [-0.2, 0) is 20.8 Å². The third kappa shape index (κ3) is 8.20. The van der Waals surface area contributed by atoms with Crippen molar-refractivity contribution in [3.05, 3.63) is 65.7 Å². The van der Waals surface area contributed by atoms with Gasteiger partial charge in [0.05, 0.1) is 13.2 Å². The molecule has 3 amide bonds. The predicted molar refractivity (Wildman–Crippen MR) is 136 cm³/mol. The van der Waals surface area contributed by atoms with Crippen LogP contribution >= 0.6 is 11.3 Å².